The number of hydrogen-bond donors (Lipinski definition) is 2. The standard InChI is InChI=1S/C12H18N2O/c1-14-8-4-3-5-10-9-11(15-2)6-7-12(10)13/h3,5-7,9,14H,4,8,13H2,1-2H3. The van der Waals surface area contributed by atoms with E-state index in [0.29, 0.717) is 0 Å². The average molecular weight is 206 g/mol. The third-order valence-corrected chi connectivity index (χ3v) is 2.15. The lowest BCUT2D eigenvalue weighted by molar-refractivity contribution is 0.415. The molecule has 82 valence electrons. The predicted octanol–water partition coefficient (Wildman–Crippen LogP) is 1.90. The van der Waals surface area contributed by atoms with Crippen LogP contribution in [0.4, 0.5) is 5.69 Å². The van der Waals surface area contributed by atoms with Crippen LogP contribution in [0.15, 0.2) is 24.3 Å². The van der Waals surface area contributed by atoms with E-state index in [-0.39, 0.29) is 0 Å². The summed E-state index contributed by atoms with van der Waals surface area (Å²) in [4.78, 5) is 0. The fourth-order valence-corrected chi connectivity index (χ4v) is 1.26. The Bertz CT molecular complexity index is 334. The highest BCUT2D eigenvalue weighted by Gasteiger charge is 1.97. The summed E-state index contributed by atoms with van der Waals surface area (Å²) in [5.41, 5.74) is 7.62. The summed E-state index contributed by atoms with van der Waals surface area (Å²) < 4.78 is 5.14. The Balaban J connectivity index is 2.70. The minimum absolute atomic E-state index is 0.775. The maximum absolute atomic E-state index is 5.84. The smallest absolute Gasteiger partial charge is 0.119 e. The predicted molar refractivity (Wildman–Crippen MR) is 65.0 cm³/mol. The van der Waals surface area contributed by atoms with Crippen LogP contribution < -0.4 is 15.8 Å². The lowest BCUT2D eigenvalue weighted by Crippen LogP contribution is -2.05. The minimum atomic E-state index is 0.775. The zero-order chi connectivity index (χ0) is 11.1. The summed E-state index contributed by atoms with van der Waals surface area (Å²) in [6.07, 6.45) is 5.12. The molecule has 3 N–H and O–H groups in total. The number of nitrogens with two attached hydrogens (primary N) is 1. The van der Waals surface area contributed by atoms with Crippen molar-refractivity contribution >= 4 is 11.8 Å². The van der Waals surface area contributed by atoms with E-state index in [9.17, 15) is 0 Å². The van der Waals surface area contributed by atoms with Gasteiger partial charge in [0.25, 0.3) is 0 Å². The summed E-state index contributed by atoms with van der Waals surface area (Å²) in [6, 6.07) is 5.65. The third kappa shape index (κ3) is 3.64. The van der Waals surface area contributed by atoms with Crippen LogP contribution in [0.5, 0.6) is 5.75 Å². The molecule has 0 aliphatic carbocycles. The quantitative estimate of drug-likeness (QED) is 0.571. The van der Waals surface area contributed by atoms with Crippen LogP contribution in [0, 0.1) is 0 Å². The van der Waals surface area contributed by atoms with E-state index in [2.05, 4.69) is 11.4 Å². The molecule has 3 heteroatoms. The Labute approximate surface area is 90.9 Å². The van der Waals surface area contributed by atoms with Gasteiger partial charge in [-0.1, -0.05) is 12.2 Å². The summed E-state index contributed by atoms with van der Waals surface area (Å²) in [5, 5.41) is 3.08. The second-order valence-corrected chi connectivity index (χ2v) is 3.29. The van der Waals surface area contributed by atoms with Crippen LogP contribution in [0.2, 0.25) is 0 Å². The molecule has 0 bridgehead atoms. The van der Waals surface area contributed by atoms with E-state index in [0.717, 1.165) is 30.0 Å². The number of rotatable bonds is 5. The Kier molecular flexibility index (Phi) is 4.71. The summed E-state index contributed by atoms with van der Waals surface area (Å²) in [5.74, 6) is 0.831. The van der Waals surface area contributed by atoms with E-state index in [1.807, 2.05) is 31.3 Å². The fraction of sp³-hybridized carbons (Fsp3) is 0.333. The Morgan fingerprint density at radius 1 is 1.47 bits per heavy atom. The van der Waals surface area contributed by atoms with Crippen molar-refractivity contribution in [2.45, 2.75) is 6.42 Å². The van der Waals surface area contributed by atoms with Gasteiger partial charge in [-0.25, -0.2) is 0 Å². The number of ether oxygens (including phenoxy) is 1. The van der Waals surface area contributed by atoms with Crippen molar-refractivity contribution in [2.75, 3.05) is 26.4 Å². The van der Waals surface area contributed by atoms with Crippen LogP contribution in [0.3, 0.4) is 0 Å². The molecule has 0 heterocycles. The Hall–Kier alpha value is -1.48. The van der Waals surface area contributed by atoms with Crippen LogP contribution in [0.1, 0.15) is 12.0 Å². The Morgan fingerprint density at radius 2 is 2.27 bits per heavy atom. The zero-order valence-corrected chi connectivity index (χ0v) is 9.29. The first-order valence-corrected chi connectivity index (χ1v) is 5.02. The molecule has 1 rings (SSSR count). The van der Waals surface area contributed by atoms with Crippen molar-refractivity contribution in [3.63, 3.8) is 0 Å². The fourth-order valence-electron chi connectivity index (χ4n) is 1.26. The largest absolute Gasteiger partial charge is 0.497 e. The molecule has 0 aromatic heterocycles. The Morgan fingerprint density at radius 3 is 2.93 bits per heavy atom. The van der Waals surface area contributed by atoms with Crippen LogP contribution >= 0.6 is 0 Å². The number of benzene rings is 1. The first-order chi connectivity index (χ1) is 7.27. The lowest BCUT2D eigenvalue weighted by Gasteiger charge is -2.04. The van der Waals surface area contributed by atoms with Gasteiger partial charge in [0.15, 0.2) is 0 Å². The van der Waals surface area contributed by atoms with E-state index in [1.54, 1.807) is 7.11 Å². The number of nitrogens with one attached hydrogen (secondary N) is 1. The summed E-state index contributed by atoms with van der Waals surface area (Å²) >= 11 is 0. The van der Waals surface area contributed by atoms with Gasteiger partial charge < -0.3 is 15.8 Å². The molecule has 0 unspecified atom stereocenters. The number of nitrogen functional groups attached to an aromatic ring is 1. The maximum Gasteiger partial charge on any atom is 0.119 e. The molecule has 15 heavy (non-hydrogen) atoms. The van der Waals surface area contributed by atoms with Gasteiger partial charge in [-0.3, -0.25) is 0 Å². The average Bonchev–Trinajstić information content (AvgIpc) is 2.26. The normalized spacial score (nSPS) is 10.8. The van der Waals surface area contributed by atoms with Crippen molar-refractivity contribution < 1.29 is 4.74 Å². The highest BCUT2D eigenvalue weighted by atomic mass is 16.5. The monoisotopic (exact) mass is 206 g/mol. The maximum atomic E-state index is 5.84. The van der Waals surface area contributed by atoms with Crippen molar-refractivity contribution in [2.24, 2.45) is 0 Å². The molecule has 0 saturated heterocycles. The topological polar surface area (TPSA) is 47.3 Å². The second kappa shape index (κ2) is 6.09. The van der Waals surface area contributed by atoms with Gasteiger partial charge in [0.05, 0.1) is 7.11 Å². The molecule has 0 spiro atoms. The first kappa shape index (κ1) is 11.6. The number of hydrogen-bond acceptors (Lipinski definition) is 3. The molecule has 0 amide bonds. The lowest BCUT2D eigenvalue weighted by atomic mass is 10.1. The molecule has 0 radical (unpaired) electrons. The third-order valence-electron chi connectivity index (χ3n) is 2.15. The summed E-state index contributed by atoms with van der Waals surface area (Å²) in [7, 11) is 3.59. The molecular weight excluding hydrogens is 188 g/mol. The van der Waals surface area contributed by atoms with Gasteiger partial charge in [-0.05, 0) is 38.2 Å². The van der Waals surface area contributed by atoms with Crippen molar-refractivity contribution in [3.05, 3.63) is 29.8 Å². The van der Waals surface area contributed by atoms with E-state index in [1.165, 1.54) is 0 Å². The molecule has 0 aliphatic heterocycles. The highest BCUT2D eigenvalue weighted by molar-refractivity contribution is 5.66. The van der Waals surface area contributed by atoms with Gasteiger partial charge in [-0.2, -0.15) is 0 Å². The van der Waals surface area contributed by atoms with Gasteiger partial charge in [-0.15, -0.1) is 0 Å². The molecule has 0 saturated carbocycles. The summed E-state index contributed by atoms with van der Waals surface area (Å²) in [6.45, 7) is 0.973. The molecule has 1 aromatic rings. The van der Waals surface area contributed by atoms with Gasteiger partial charge in [0.2, 0.25) is 0 Å². The van der Waals surface area contributed by atoms with Crippen LogP contribution in [0.25, 0.3) is 6.08 Å². The second-order valence-electron chi connectivity index (χ2n) is 3.29. The van der Waals surface area contributed by atoms with Crippen LogP contribution in [-0.4, -0.2) is 20.7 Å². The molecular formula is C12H18N2O. The number of anilines is 1. The zero-order valence-electron chi connectivity index (χ0n) is 9.29. The molecule has 0 fully saturated rings. The molecule has 3 nitrogen and oxygen atoms in total. The molecule has 0 atom stereocenters. The van der Waals surface area contributed by atoms with E-state index < -0.39 is 0 Å². The molecule has 0 aliphatic rings. The van der Waals surface area contributed by atoms with Crippen molar-refractivity contribution in [1.29, 1.82) is 0 Å². The van der Waals surface area contributed by atoms with E-state index >= 15 is 0 Å². The van der Waals surface area contributed by atoms with E-state index in [4.69, 9.17) is 10.5 Å². The number of methoxy groups -OCH3 is 1. The molecule has 1 aromatic carbocycles. The van der Waals surface area contributed by atoms with Gasteiger partial charge in [0, 0.05) is 11.3 Å². The van der Waals surface area contributed by atoms with Gasteiger partial charge >= 0.3 is 0 Å². The highest BCUT2D eigenvalue weighted by Crippen LogP contribution is 2.20. The van der Waals surface area contributed by atoms with Crippen LogP contribution in [-0.2, 0) is 0 Å². The SMILES string of the molecule is CNCCC=Cc1cc(OC)ccc1N. The van der Waals surface area contributed by atoms with Gasteiger partial charge in [0.1, 0.15) is 5.75 Å². The van der Waals surface area contributed by atoms with Crippen molar-refractivity contribution in [3.8, 4) is 5.75 Å². The minimum Gasteiger partial charge on any atom is -0.497 e. The first-order valence-electron chi connectivity index (χ1n) is 5.02. The van der Waals surface area contributed by atoms with Crippen molar-refractivity contribution in [1.82, 2.24) is 5.32 Å².